The molecule has 0 saturated carbocycles. The van der Waals surface area contributed by atoms with Crippen molar-refractivity contribution in [2.45, 2.75) is 26.8 Å². The molecule has 0 heterocycles. The number of rotatable bonds is 5. The van der Waals surface area contributed by atoms with Crippen molar-refractivity contribution in [2.24, 2.45) is 5.92 Å². The normalized spacial score (nSPS) is 12.3. The number of nitrogens with one attached hydrogen (secondary N) is 1. The van der Waals surface area contributed by atoms with E-state index in [1.807, 2.05) is 6.92 Å². The monoisotopic (exact) mass is 255 g/mol. The molecule has 0 fully saturated rings. The van der Waals surface area contributed by atoms with Crippen LogP contribution in [-0.4, -0.2) is 18.6 Å². The van der Waals surface area contributed by atoms with E-state index in [0.717, 1.165) is 0 Å². The van der Waals surface area contributed by atoms with Gasteiger partial charge in [0.15, 0.2) is 6.61 Å². The zero-order valence-electron chi connectivity index (χ0n) is 10.4. The van der Waals surface area contributed by atoms with E-state index in [1.165, 1.54) is 0 Å². The van der Waals surface area contributed by atoms with Crippen LogP contribution in [0.3, 0.4) is 0 Å². The van der Waals surface area contributed by atoms with Gasteiger partial charge in [0.25, 0.3) is 5.91 Å². The largest absolute Gasteiger partial charge is 0.484 e. The number of amides is 1. The molecule has 0 aliphatic rings. The molecule has 0 radical (unpaired) electrons. The summed E-state index contributed by atoms with van der Waals surface area (Å²) in [6.45, 7) is 6.12. The van der Waals surface area contributed by atoms with Crippen LogP contribution in [0.4, 0.5) is 0 Å². The van der Waals surface area contributed by atoms with Crippen LogP contribution >= 0.6 is 11.6 Å². The zero-order chi connectivity index (χ0) is 12.8. The van der Waals surface area contributed by atoms with Crippen molar-refractivity contribution in [3.63, 3.8) is 0 Å². The molecule has 1 amide bonds. The highest BCUT2D eigenvalue weighted by atomic mass is 35.5. The lowest BCUT2D eigenvalue weighted by Gasteiger charge is -2.17. The Morgan fingerprint density at radius 2 is 1.88 bits per heavy atom. The van der Waals surface area contributed by atoms with E-state index < -0.39 is 0 Å². The van der Waals surface area contributed by atoms with E-state index in [9.17, 15) is 4.79 Å². The van der Waals surface area contributed by atoms with Gasteiger partial charge in [0.2, 0.25) is 0 Å². The van der Waals surface area contributed by atoms with Gasteiger partial charge in [-0.15, -0.1) is 0 Å². The number of carbonyl (C=O) groups is 1. The number of halogens is 1. The standard InChI is InChI=1S/C13H18ClNO2/c1-9(2)10(3)15-13(16)8-17-12-6-4-11(14)5-7-12/h4-7,9-10H,8H2,1-3H3,(H,15,16)/t10-/m0/s1. The molecule has 1 N–H and O–H groups in total. The summed E-state index contributed by atoms with van der Waals surface area (Å²) in [4.78, 5) is 11.5. The second-order valence-electron chi connectivity index (χ2n) is 4.34. The van der Waals surface area contributed by atoms with Crippen molar-refractivity contribution >= 4 is 17.5 Å². The molecule has 3 nitrogen and oxygen atoms in total. The molecule has 0 spiro atoms. The first kappa shape index (κ1) is 13.8. The van der Waals surface area contributed by atoms with Crippen molar-refractivity contribution in [2.75, 3.05) is 6.61 Å². The van der Waals surface area contributed by atoms with Gasteiger partial charge in [-0.3, -0.25) is 4.79 Å². The van der Waals surface area contributed by atoms with Gasteiger partial charge in [-0.1, -0.05) is 25.4 Å². The van der Waals surface area contributed by atoms with Gasteiger partial charge in [0, 0.05) is 11.1 Å². The first-order chi connectivity index (χ1) is 7.99. The van der Waals surface area contributed by atoms with Crippen molar-refractivity contribution in [3.05, 3.63) is 29.3 Å². The SMILES string of the molecule is CC(C)[C@H](C)NC(=O)COc1ccc(Cl)cc1. The fourth-order valence-electron chi connectivity index (χ4n) is 1.14. The maximum Gasteiger partial charge on any atom is 0.258 e. The number of carbonyl (C=O) groups excluding carboxylic acids is 1. The van der Waals surface area contributed by atoms with Crippen LogP contribution in [0.25, 0.3) is 0 Å². The quantitative estimate of drug-likeness (QED) is 0.879. The van der Waals surface area contributed by atoms with E-state index in [-0.39, 0.29) is 18.6 Å². The Labute approximate surface area is 107 Å². The van der Waals surface area contributed by atoms with Gasteiger partial charge in [0.05, 0.1) is 0 Å². The number of benzene rings is 1. The Kier molecular flexibility index (Phi) is 5.29. The number of hydrogen-bond acceptors (Lipinski definition) is 2. The van der Waals surface area contributed by atoms with E-state index in [0.29, 0.717) is 16.7 Å². The minimum Gasteiger partial charge on any atom is -0.484 e. The Balaban J connectivity index is 2.35. The fourth-order valence-corrected chi connectivity index (χ4v) is 1.27. The summed E-state index contributed by atoms with van der Waals surface area (Å²) in [5.41, 5.74) is 0. The van der Waals surface area contributed by atoms with Crippen molar-refractivity contribution in [1.29, 1.82) is 0 Å². The lowest BCUT2D eigenvalue weighted by molar-refractivity contribution is -0.124. The second-order valence-corrected chi connectivity index (χ2v) is 4.78. The third-order valence-corrected chi connectivity index (χ3v) is 2.82. The molecule has 1 atom stereocenters. The third-order valence-electron chi connectivity index (χ3n) is 2.57. The molecule has 0 aromatic heterocycles. The van der Waals surface area contributed by atoms with Gasteiger partial charge >= 0.3 is 0 Å². The van der Waals surface area contributed by atoms with E-state index in [4.69, 9.17) is 16.3 Å². The lowest BCUT2D eigenvalue weighted by atomic mass is 10.1. The molecule has 1 aromatic rings. The summed E-state index contributed by atoms with van der Waals surface area (Å²) in [7, 11) is 0. The minimum absolute atomic E-state index is 0.0265. The molecule has 94 valence electrons. The molecular formula is C13H18ClNO2. The summed E-state index contributed by atoms with van der Waals surface area (Å²) in [5.74, 6) is 0.942. The number of ether oxygens (including phenoxy) is 1. The van der Waals surface area contributed by atoms with Gasteiger partial charge < -0.3 is 10.1 Å². The highest BCUT2D eigenvalue weighted by Crippen LogP contribution is 2.15. The molecule has 0 saturated heterocycles. The van der Waals surface area contributed by atoms with Crippen molar-refractivity contribution in [1.82, 2.24) is 5.32 Å². The third kappa shape index (κ3) is 5.09. The van der Waals surface area contributed by atoms with Crippen LogP contribution in [0.1, 0.15) is 20.8 Å². The summed E-state index contributed by atoms with van der Waals surface area (Å²) >= 11 is 5.74. The van der Waals surface area contributed by atoms with Gasteiger partial charge in [0.1, 0.15) is 5.75 Å². The average molecular weight is 256 g/mol. The first-order valence-electron chi connectivity index (χ1n) is 5.66. The molecule has 0 aliphatic heterocycles. The van der Waals surface area contributed by atoms with Crippen LogP contribution in [0.15, 0.2) is 24.3 Å². The van der Waals surface area contributed by atoms with Gasteiger partial charge in [-0.2, -0.15) is 0 Å². The summed E-state index contributed by atoms with van der Waals surface area (Å²) < 4.78 is 5.33. The smallest absolute Gasteiger partial charge is 0.258 e. The lowest BCUT2D eigenvalue weighted by Crippen LogP contribution is -2.38. The fraction of sp³-hybridized carbons (Fsp3) is 0.462. The summed E-state index contributed by atoms with van der Waals surface area (Å²) in [6, 6.07) is 7.08. The zero-order valence-corrected chi connectivity index (χ0v) is 11.1. The molecule has 4 heteroatoms. The minimum atomic E-state index is -0.110. The van der Waals surface area contributed by atoms with Crippen LogP contribution in [0, 0.1) is 5.92 Å². The maximum absolute atomic E-state index is 11.5. The van der Waals surface area contributed by atoms with Crippen LogP contribution in [0.2, 0.25) is 5.02 Å². The molecule has 1 rings (SSSR count). The Morgan fingerprint density at radius 3 is 2.41 bits per heavy atom. The molecule has 17 heavy (non-hydrogen) atoms. The molecule has 0 bridgehead atoms. The first-order valence-corrected chi connectivity index (χ1v) is 6.04. The Bertz CT molecular complexity index is 362. The summed E-state index contributed by atoms with van der Waals surface area (Å²) in [5, 5.41) is 3.52. The second kappa shape index (κ2) is 6.50. The summed E-state index contributed by atoms with van der Waals surface area (Å²) in [6.07, 6.45) is 0. The number of hydrogen-bond donors (Lipinski definition) is 1. The van der Waals surface area contributed by atoms with Crippen LogP contribution in [-0.2, 0) is 4.79 Å². The van der Waals surface area contributed by atoms with Crippen LogP contribution < -0.4 is 10.1 Å². The predicted octanol–water partition coefficient (Wildman–Crippen LogP) is 2.88. The molecular weight excluding hydrogens is 238 g/mol. The molecule has 0 aliphatic carbocycles. The van der Waals surface area contributed by atoms with Crippen molar-refractivity contribution in [3.8, 4) is 5.75 Å². The highest BCUT2D eigenvalue weighted by molar-refractivity contribution is 6.30. The Hall–Kier alpha value is -1.22. The van der Waals surface area contributed by atoms with E-state index in [2.05, 4.69) is 19.2 Å². The molecule has 1 aromatic carbocycles. The predicted molar refractivity (Wildman–Crippen MR) is 69.4 cm³/mol. The van der Waals surface area contributed by atoms with Gasteiger partial charge in [-0.25, -0.2) is 0 Å². The Morgan fingerprint density at radius 1 is 1.29 bits per heavy atom. The van der Waals surface area contributed by atoms with E-state index >= 15 is 0 Å². The molecule has 0 unspecified atom stereocenters. The van der Waals surface area contributed by atoms with E-state index in [1.54, 1.807) is 24.3 Å². The maximum atomic E-state index is 11.5. The van der Waals surface area contributed by atoms with Crippen molar-refractivity contribution < 1.29 is 9.53 Å². The topological polar surface area (TPSA) is 38.3 Å². The average Bonchev–Trinajstić information content (AvgIpc) is 2.28. The van der Waals surface area contributed by atoms with Crippen LogP contribution in [0.5, 0.6) is 5.75 Å². The van der Waals surface area contributed by atoms with Gasteiger partial charge in [-0.05, 0) is 37.1 Å². The highest BCUT2D eigenvalue weighted by Gasteiger charge is 2.10.